The maximum Gasteiger partial charge on any atom is 0.249 e. The number of carbonyl (C=O) groups excluding carboxylic acids is 3. The number of nitrogens with one attached hydrogen (secondary N) is 2. The first-order valence-electron chi connectivity index (χ1n) is 15.6. The number of fused-ring (bicyclic) bond motifs is 4. The number of hydrogen-bond donors (Lipinski definition) is 3. The quantitative estimate of drug-likeness (QED) is 0.240. The molecule has 0 fully saturated rings. The Morgan fingerprint density at radius 2 is 1.85 bits per heavy atom. The summed E-state index contributed by atoms with van der Waals surface area (Å²) in [6.45, 7) is 8.83. The van der Waals surface area contributed by atoms with Crippen LogP contribution in [0.1, 0.15) is 85.9 Å². The first-order valence-corrected chi connectivity index (χ1v) is 15.6. The van der Waals surface area contributed by atoms with Crippen LogP contribution in [0.4, 0.5) is 5.69 Å². The Hall–Kier alpha value is -4.77. The predicted molar refractivity (Wildman–Crippen MR) is 166 cm³/mol. The number of para-hydroxylation sites is 1. The van der Waals surface area contributed by atoms with E-state index >= 15 is 0 Å². The third-order valence-electron chi connectivity index (χ3n) is 9.31. The van der Waals surface area contributed by atoms with Crippen molar-refractivity contribution in [2.24, 2.45) is 17.8 Å². The molecule has 5 atom stereocenters. The number of anilines is 1. The van der Waals surface area contributed by atoms with E-state index in [2.05, 4.69) is 15.6 Å². The van der Waals surface area contributed by atoms with E-state index in [0.717, 1.165) is 22.4 Å². The molecule has 3 N–H and O–H groups in total. The molecule has 4 aromatic rings. The molecule has 0 saturated carbocycles. The standard InChI is InChI=1S/C35H36N4O7/c1-16(2)27-33-39-28(32-36-24(15-44-32)18(5)40)30(46-33)35-21-8-6-7-9-23(21)37-34(35)45-26-11-10-19(13-22(26)35)12-20(31(43)38-27)14-25(41)29(42)17(3)4/h6-11,13,15-17,20,27,29,34,37,42H,12,14H2,1-5H3,(H,38,43)/t20-,27+,29+,34+,35?/m1/s1. The van der Waals surface area contributed by atoms with Crippen LogP contribution in [0, 0.1) is 17.8 Å². The van der Waals surface area contributed by atoms with Gasteiger partial charge in [-0.05, 0) is 41.5 Å². The van der Waals surface area contributed by atoms with Gasteiger partial charge in [-0.3, -0.25) is 14.4 Å². The minimum atomic E-state index is -1.17. The minimum Gasteiger partial charge on any atom is -0.469 e. The molecule has 0 saturated heterocycles. The lowest BCUT2D eigenvalue weighted by atomic mass is 9.72. The van der Waals surface area contributed by atoms with Crippen LogP contribution in [0.2, 0.25) is 0 Å². The van der Waals surface area contributed by atoms with Crippen molar-refractivity contribution in [3.05, 3.63) is 82.8 Å². The van der Waals surface area contributed by atoms with Gasteiger partial charge in [0.05, 0.1) is 0 Å². The fourth-order valence-corrected chi connectivity index (χ4v) is 6.84. The molecular formula is C35H36N4O7. The molecule has 11 nitrogen and oxygen atoms in total. The summed E-state index contributed by atoms with van der Waals surface area (Å²) in [5, 5.41) is 17.2. The predicted octanol–water partition coefficient (Wildman–Crippen LogP) is 4.97. The second kappa shape index (κ2) is 10.9. The molecular weight excluding hydrogens is 588 g/mol. The van der Waals surface area contributed by atoms with Gasteiger partial charge in [-0.1, -0.05) is 58.0 Å². The maximum atomic E-state index is 14.0. The first-order chi connectivity index (χ1) is 22.0. The van der Waals surface area contributed by atoms with Gasteiger partial charge in [0, 0.05) is 30.5 Å². The molecule has 2 aromatic heterocycles. The number of aromatic nitrogens is 2. The number of hydrogen-bond acceptors (Lipinski definition) is 10. The van der Waals surface area contributed by atoms with E-state index in [9.17, 15) is 19.5 Å². The zero-order valence-corrected chi connectivity index (χ0v) is 26.3. The first kappa shape index (κ1) is 29.9. The van der Waals surface area contributed by atoms with Gasteiger partial charge in [-0.2, -0.15) is 0 Å². The summed E-state index contributed by atoms with van der Waals surface area (Å²) in [5.41, 5.74) is 2.76. The van der Waals surface area contributed by atoms with Gasteiger partial charge in [0.1, 0.15) is 35.3 Å². The highest BCUT2D eigenvalue weighted by molar-refractivity contribution is 5.92. The van der Waals surface area contributed by atoms with Crippen molar-refractivity contribution in [3.63, 3.8) is 0 Å². The number of ketones is 2. The maximum absolute atomic E-state index is 14.0. The Kier molecular flexibility index (Phi) is 7.11. The number of oxazole rings is 2. The van der Waals surface area contributed by atoms with E-state index in [1.807, 2.05) is 56.3 Å². The number of aliphatic hydroxyl groups excluding tert-OH is 1. The van der Waals surface area contributed by atoms with E-state index in [4.69, 9.17) is 18.6 Å². The van der Waals surface area contributed by atoms with Crippen LogP contribution in [0.15, 0.2) is 57.6 Å². The van der Waals surface area contributed by atoms with Crippen LogP contribution in [-0.2, 0) is 21.4 Å². The molecule has 11 heteroatoms. The van der Waals surface area contributed by atoms with E-state index in [0.29, 0.717) is 17.2 Å². The zero-order valence-electron chi connectivity index (χ0n) is 26.3. The van der Waals surface area contributed by atoms with Crippen molar-refractivity contribution in [3.8, 4) is 17.3 Å². The molecule has 5 heterocycles. The number of aliphatic hydroxyl groups is 1. The van der Waals surface area contributed by atoms with Crippen molar-refractivity contribution in [2.75, 3.05) is 5.32 Å². The number of rotatable bonds is 7. The van der Waals surface area contributed by atoms with Gasteiger partial charge < -0.3 is 29.3 Å². The molecule has 0 aliphatic carbocycles. The summed E-state index contributed by atoms with van der Waals surface area (Å²) in [7, 11) is 0. The topological polar surface area (TPSA) is 157 Å². The summed E-state index contributed by atoms with van der Waals surface area (Å²) in [5.74, 6) is -0.842. The van der Waals surface area contributed by atoms with Crippen molar-refractivity contribution in [1.29, 1.82) is 0 Å². The Balaban J connectivity index is 1.48. The highest BCUT2D eigenvalue weighted by Gasteiger charge is 2.61. The highest BCUT2D eigenvalue weighted by Crippen LogP contribution is 2.59. The van der Waals surface area contributed by atoms with Crippen LogP contribution >= 0.6 is 0 Å². The highest BCUT2D eigenvalue weighted by atomic mass is 16.5. The third-order valence-corrected chi connectivity index (χ3v) is 9.31. The summed E-state index contributed by atoms with van der Waals surface area (Å²) in [4.78, 5) is 48.7. The van der Waals surface area contributed by atoms with Crippen LogP contribution in [0.3, 0.4) is 0 Å². The van der Waals surface area contributed by atoms with Gasteiger partial charge in [0.15, 0.2) is 29.2 Å². The summed E-state index contributed by atoms with van der Waals surface area (Å²) in [6.07, 6.45) is -0.367. The summed E-state index contributed by atoms with van der Waals surface area (Å²) < 4.78 is 19.2. The van der Waals surface area contributed by atoms with Crippen LogP contribution in [0.25, 0.3) is 11.6 Å². The Labute approximate surface area is 265 Å². The lowest BCUT2D eigenvalue weighted by Gasteiger charge is -2.28. The Morgan fingerprint density at radius 3 is 2.57 bits per heavy atom. The monoisotopic (exact) mass is 624 g/mol. The number of nitrogens with zero attached hydrogens (tertiary/aromatic N) is 2. The third kappa shape index (κ3) is 4.55. The van der Waals surface area contributed by atoms with Gasteiger partial charge in [-0.25, -0.2) is 9.97 Å². The van der Waals surface area contributed by atoms with E-state index in [1.54, 1.807) is 13.8 Å². The molecule has 1 amide bonds. The second-order valence-corrected chi connectivity index (χ2v) is 13.1. The molecule has 3 aliphatic rings. The lowest BCUT2D eigenvalue weighted by molar-refractivity contribution is -0.135. The lowest BCUT2D eigenvalue weighted by Crippen LogP contribution is -2.41. The van der Waals surface area contributed by atoms with E-state index < -0.39 is 29.7 Å². The van der Waals surface area contributed by atoms with Gasteiger partial charge in [0.2, 0.25) is 17.7 Å². The van der Waals surface area contributed by atoms with Crippen molar-refractivity contribution >= 4 is 23.2 Å². The molecule has 1 unspecified atom stereocenters. The number of Topliss-reactive ketones (excluding diaryl/α,β-unsaturated/α-hetero) is 2. The molecule has 46 heavy (non-hydrogen) atoms. The largest absolute Gasteiger partial charge is 0.469 e. The van der Waals surface area contributed by atoms with E-state index in [1.165, 1.54) is 13.2 Å². The van der Waals surface area contributed by atoms with Crippen molar-refractivity contribution < 1.29 is 33.1 Å². The number of ether oxygens (including phenoxy) is 1. The smallest absolute Gasteiger partial charge is 0.249 e. The molecule has 238 valence electrons. The van der Waals surface area contributed by atoms with Crippen molar-refractivity contribution in [2.45, 2.75) is 71.2 Å². The Bertz CT molecular complexity index is 1870. The SMILES string of the molecule is CC(=O)c1coc(-c2nc3oc2C24c5ccccc5N[C@H]2Oc2ccc(cc24)C[C@H](CC(=O)[C@@H](O)C(C)C)C(=O)N[C@H]3C(C)C)n1. The summed E-state index contributed by atoms with van der Waals surface area (Å²) >= 11 is 0. The average molecular weight is 625 g/mol. The minimum absolute atomic E-state index is 0.104. The fourth-order valence-electron chi connectivity index (χ4n) is 6.84. The number of amides is 1. The number of benzene rings is 2. The molecule has 1 spiro atoms. The Morgan fingerprint density at radius 1 is 1.07 bits per heavy atom. The van der Waals surface area contributed by atoms with Crippen molar-refractivity contribution in [1.82, 2.24) is 15.3 Å². The van der Waals surface area contributed by atoms with Gasteiger partial charge >= 0.3 is 0 Å². The van der Waals surface area contributed by atoms with E-state index in [-0.39, 0.29) is 59.6 Å². The van der Waals surface area contributed by atoms with Crippen LogP contribution in [0.5, 0.6) is 5.75 Å². The molecule has 2 aromatic carbocycles. The second-order valence-electron chi connectivity index (χ2n) is 13.1. The summed E-state index contributed by atoms with van der Waals surface area (Å²) in [6, 6.07) is 12.9. The van der Waals surface area contributed by atoms with Gasteiger partial charge in [-0.15, -0.1) is 0 Å². The van der Waals surface area contributed by atoms with Crippen LogP contribution < -0.4 is 15.4 Å². The van der Waals surface area contributed by atoms with Crippen LogP contribution in [-0.4, -0.2) is 44.9 Å². The normalized spacial score (nSPS) is 23.5. The molecule has 0 radical (unpaired) electrons. The average Bonchev–Trinajstić information content (AvgIpc) is 3.79. The fraction of sp³-hybridized carbons (Fsp3) is 0.400. The molecule has 4 bridgehead atoms. The molecule has 3 aliphatic heterocycles. The van der Waals surface area contributed by atoms with Gasteiger partial charge in [0.25, 0.3) is 0 Å². The zero-order chi connectivity index (χ0) is 32.5. The number of carbonyl (C=O) groups is 3. The molecule has 7 rings (SSSR count).